The molecule has 0 saturated carbocycles. The second-order valence-electron chi connectivity index (χ2n) is 4.24. The molecule has 0 spiro atoms. The maximum atomic E-state index is 13.2. The van der Waals surface area contributed by atoms with Gasteiger partial charge in [0.2, 0.25) is 0 Å². The highest BCUT2D eigenvalue weighted by molar-refractivity contribution is 9.10. The Morgan fingerprint density at radius 2 is 1.83 bits per heavy atom. The predicted octanol–water partition coefficient (Wildman–Crippen LogP) is 4.25. The first kappa shape index (κ1) is 13.2. The molecule has 0 radical (unpaired) electrons. The van der Waals surface area contributed by atoms with Crippen molar-refractivity contribution in [1.82, 2.24) is 0 Å². The summed E-state index contributed by atoms with van der Waals surface area (Å²) in [5.41, 5.74) is 1.78. The zero-order valence-corrected chi connectivity index (χ0v) is 11.4. The highest BCUT2D eigenvalue weighted by Crippen LogP contribution is 2.21. The molecule has 3 heteroatoms. The van der Waals surface area contributed by atoms with Gasteiger partial charge in [0.1, 0.15) is 5.82 Å². The van der Waals surface area contributed by atoms with Gasteiger partial charge >= 0.3 is 0 Å². The Morgan fingerprint density at radius 1 is 1.11 bits per heavy atom. The normalized spacial score (nSPS) is 12.4. The van der Waals surface area contributed by atoms with Crippen LogP contribution in [0.2, 0.25) is 0 Å². The van der Waals surface area contributed by atoms with E-state index in [9.17, 15) is 9.50 Å². The first-order valence-electron chi connectivity index (χ1n) is 5.83. The summed E-state index contributed by atoms with van der Waals surface area (Å²) < 4.78 is 13.9. The highest BCUT2D eigenvalue weighted by atomic mass is 79.9. The summed E-state index contributed by atoms with van der Waals surface area (Å²) >= 11 is 3.26. The zero-order valence-electron chi connectivity index (χ0n) is 9.81. The Labute approximate surface area is 114 Å². The molecule has 2 rings (SSSR count). The van der Waals surface area contributed by atoms with Gasteiger partial charge in [0.25, 0.3) is 0 Å². The lowest BCUT2D eigenvalue weighted by Gasteiger charge is -2.11. The maximum Gasteiger partial charge on any atom is 0.124 e. The van der Waals surface area contributed by atoms with Crippen molar-refractivity contribution in [2.45, 2.75) is 18.9 Å². The summed E-state index contributed by atoms with van der Waals surface area (Å²) in [6.45, 7) is 0. The van der Waals surface area contributed by atoms with Crippen LogP contribution < -0.4 is 0 Å². The van der Waals surface area contributed by atoms with Crippen molar-refractivity contribution in [2.24, 2.45) is 0 Å². The summed E-state index contributed by atoms with van der Waals surface area (Å²) in [5.74, 6) is -0.256. The number of halogens is 2. The Morgan fingerprint density at radius 3 is 2.50 bits per heavy atom. The van der Waals surface area contributed by atoms with Crippen molar-refractivity contribution in [2.75, 3.05) is 0 Å². The topological polar surface area (TPSA) is 20.2 Å². The maximum absolute atomic E-state index is 13.2. The molecule has 0 aliphatic rings. The zero-order chi connectivity index (χ0) is 13.0. The number of aryl methyl sites for hydroxylation is 1. The number of hydrogen-bond acceptors (Lipinski definition) is 1. The molecule has 1 unspecified atom stereocenters. The van der Waals surface area contributed by atoms with Crippen LogP contribution in [0.4, 0.5) is 4.39 Å². The average molecular weight is 309 g/mol. The third kappa shape index (κ3) is 3.65. The molecular weight excluding hydrogens is 295 g/mol. The average Bonchev–Trinajstić information content (AvgIpc) is 2.36. The van der Waals surface area contributed by atoms with Gasteiger partial charge in [-0.25, -0.2) is 4.39 Å². The van der Waals surface area contributed by atoms with Crippen molar-refractivity contribution in [1.29, 1.82) is 0 Å². The van der Waals surface area contributed by atoms with E-state index in [1.54, 1.807) is 0 Å². The van der Waals surface area contributed by atoms with Crippen LogP contribution in [-0.2, 0) is 6.42 Å². The van der Waals surface area contributed by atoms with E-state index in [-0.39, 0.29) is 5.82 Å². The summed E-state index contributed by atoms with van der Waals surface area (Å²) in [5, 5.41) is 10.0. The van der Waals surface area contributed by atoms with Gasteiger partial charge in [-0.15, -0.1) is 0 Å². The van der Waals surface area contributed by atoms with Crippen LogP contribution in [-0.4, -0.2) is 5.11 Å². The van der Waals surface area contributed by atoms with Crippen LogP contribution in [0.1, 0.15) is 23.7 Å². The fourth-order valence-corrected chi connectivity index (χ4v) is 2.41. The van der Waals surface area contributed by atoms with Crippen molar-refractivity contribution in [3.8, 4) is 0 Å². The highest BCUT2D eigenvalue weighted by Gasteiger charge is 2.07. The lowest BCUT2D eigenvalue weighted by Crippen LogP contribution is -1.99. The van der Waals surface area contributed by atoms with Crippen LogP contribution in [0.25, 0.3) is 0 Å². The van der Waals surface area contributed by atoms with Crippen molar-refractivity contribution < 1.29 is 9.50 Å². The van der Waals surface area contributed by atoms with Gasteiger partial charge in [0.15, 0.2) is 0 Å². The minimum absolute atomic E-state index is 0.256. The van der Waals surface area contributed by atoms with Gasteiger partial charge in [-0.1, -0.05) is 46.3 Å². The molecule has 1 nitrogen and oxygen atoms in total. The summed E-state index contributed by atoms with van der Waals surface area (Å²) in [6.07, 6.45) is 0.722. The van der Waals surface area contributed by atoms with E-state index in [0.717, 1.165) is 15.6 Å². The number of rotatable bonds is 4. The van der Waals surface area contributed by atoms with E-state index in [1.165, 1.54) is 12.1 Å². The molecule has 0 fully saturated rings. The van der Waals surface area contributed by atoms with E-state index in [4.69, 9.17) is 0 Å². The minimum atomic E-state index is -0.506. The van der Waals surface area contributed by atoms with E-state index in [1.807, 2.05) is 36.4 Å². The molecule has 0 aromatic heterocycles. The van der Waals surface area contributed by atoms with Crippen LogP contribution in [0.5, 0.6) is 0 Å². The molecule has 0 aliphatic carbocycles. The van der Waals surface area contributed by atoms with Gasteiger partial charge < -0.3 is 5.11 Å². The molecule has 94 valence electrons. The van der Waals surface area contributed by atoms with Gasteiger partial charge in [-0.2, -0.15) is 0 Å². The fourth-order valence-electron chi connectivity index (χ4n) is 1.90. The molecule has 0 heterocycles. The van der Waals surface area contributed by atoms with Crippen molar-refractivity contribution in [3.63, 3.8) is 0 Å². The number of aliphatic hydroxyl groups is 1. The van der Waals surface area contributed by atoms with Gasteiger partial charge in [0, 0.05) is 4.47 Å². The molecule has 2 aromatic carbocycles. The monoisotopic (exact) mass is 308 g/mol. The molecule has 0 aliphatic heterocycles. The molecule has 0 amide bonds. The van der Waals surface area contributed by atoms with E-state index in [0.29, 0.717) is 12.8 Å². The van der Waals surface area contributed by atoms with E-state index >= 15 is 0 Å². The second-order valence-corrected chi connectivity index (χ2v) is 5.16. The summed E-state index contributed by atoms with van der Waals surface area (Å²) in [6, 6.07) is 14.3. The minimum Gasteiger partial charge on any atom is -0.388 e. The van der Waals surface area contributed by atoms with Crippen LogP contribution in [0.3, 0.4) is 0 Å². The number of aliphatic hydroxyl groups excluding tert-OH is 1. The van der Waals surface area contributed by atoms with Crippen LogP contribution >= 0.6 is 15.9 Å². The quantitative estimate of drug-likeness (QED) is 0.895. The van der Waals surface area contributed by atoms with Gasteiger partial charge in [-0.3, -0.25) is 0 Å². The number of benzene rings is 2. The Balaban J connectivity index is 1.99. The van der Waals surface area contributed by atoms with Crippen LogP contribution in [0.15, 0.2) is 53.0 Å². The van der Waals surface area contributed by atoms with E-state index in [2.05, 4.69) is 15.9 Å². The second kappa shape index (κ2) is 6.12. The Hall–Kier alpha value is -1.19. The first-order chi connectivity index (χ1) is 8.65. The van der Waals surface area contributed by atoms with Gasteiger partial charge in [0.05, 0.1) is 6.10 Å². The molecular formula is C15H14BrFO. The van der Waals surface area contributed by atoms with Gasteiger partial charge in [-0.05, 0) is 42.2 Å². The lowest BCUT2D eigenvalue weighted by atomic mass is 10.0. The molecule has 18 heavy (non-hydrogen) atoms. The SMILES string of the molecule is OC(CCc1cc(F)cc(Br)c1)c1ccccc1. The molecule has 2 aromatic rings. The summed E-state index contributed by atoms with van der Waals surface area (Å²) in [4.78, 5) is 0. The largest absolute Gasteiger partial charge is 0.388 e. The standard InChI is InChI=1S/C15H14BrFO/c16-13-8-11(9-14(17)10-13)6-7-15(18)12-4-2-1-3-5-12/h1-5,8-10,15,18H,6-7H2. The van der Waals surface area contributed by atoms with Crippen molar-refractivity contribution in [3.05, 3.63) is 69.9 Å². The van der Waals surface area contributed by atoms with Crippen LogP contribution in [0, 0.1) is 5.82 Å². The molecule has 1 atom stereocenters. The predicted molar refractivity (Wildman–Crippen MR) is 73.8 cm³/mol. The Bertz CT molecular complexity index is 493. The molecule has 0 bridgehead atoms. The third-order valence-electron chi connectivity index (χ3n) is 2.81. The third-order valence-corrected chi connectivity index (χ3v) is 3.27. The Kier molecular flexibility index (Phi) is 4.50. The lowest BCUT2D eigenvalue weighted by molar-refractivity contribution is 0.168. The molecule has 1 N–H and O–H groups in total. The molecule has 0 saturated heterocycles. The first-order valence-corrected chi connectivity index (χ1v) is 6.62. The smallest absolute Gasteiger partial charge is 0.124 e. The number of hydrogen-bond donors (Lipinski definition) is 1. The fraction of sp³-hybridized carbons (Fsp3) is 0.200. The van der Waals surface area contributed by atoms with E-state index < -0.39 is 6.10 Å². The summed E-state index contributed by atoms with van der Waals surface area (Å²) in [7, 11) is 0. The van der Waals surface area contributed by atoms with Crippen molar-refractivity contribution >= 4 is 15.9 Å².